The predicted octanol–water partition coefficient (Wildman–Crippen LogP) is 1.16. The van der Waals surface area contributed by atoms with Crippen LogP contribution in [0.4, 0.5) is 0 Å². The van der Waals surface area contributed by atoms with E-state index in [2.05, 4.69) is 13.2 Å². The van der Waals surface area contributed by atoms with Crippen molar-refractivity contribution < 1.29 is 19.1 Å². The molecule has 0 spiro atoms. The van der Waals surface area contributed by atoms with Gasteiger partial charge < -0.3 is 9.47 Å². The molecule has 0 saturated carbocycles. The maximum atomic E-state index is 11.7. The van der Waals surface area contributed by atoms with Crippen LogP contribution < -0.4 is 0 Å². The Bertz CT molecular complexity index is 301. The summed E-state index contributed by atoms with van der Waals surface area (Å²) in [6, 6.07) is -0.674. The molecule has 0 amide bonds. The fourth-order valence-electron chi connectivity index (χ4n) is 1.44. The van der Waals surface area contributed by atoms with E-state index >= 15 is 0 Å². The highest BCUT2D eigenvalue weighted by Crippen LogP contribution is 2.04. The Balaban J connectivity index is 4.70. The lowest BCUT2D eigenvalue weighted by Gasteiger charge is -2.25. The van der Waals surface area contributed by atoms with Gasteiger partial charge in [-0.15, -0.1) is 13.2 Å². The number of ether oxygens (including phenoxy) is 2. The van der Waals surface area contributed by atoms with Gasteiger partial charge in [0, 0.05) is 6.54 Å². The number of hydrogen-bond acceptors (Lipinski definition) is 5. The number of carbonyl (C=O) groups excluding carboxylic acids is 2. The zero-order valence-corrected chi connectivity index (χ0v) is 11.1. The topological polar surface area (TPSA) is 55.8 Å². The first-order valence-electron chi connectivity index (χ1n) is 5.90. The second-order valence-corrected chi connectivity index (χ2v) is 3.46. The third-order valence-electron chi connectivity index (χ3n) is 2.15. The molecule has 0 radical (unpaired) electrons. The molecule has 0 saturated heterocycles. The molecule has 5 heteroatoms. The maximum absolute atomic E-state index is 11.7. The van der Waals surface area contributed by atoms with Gasteiger partial charge in [-0.2, -0.15) is 0 Å². The zero-order valence-electron chi connectivity index (χ0n) is 11.1. The summed E-state index contributed by atoms with van der Waals surface area (Å²) in [5.74, 6) is -0.825. The van der Waals surface area contributed by atoms with E-state index in [9.17, 15) is 9.59 Å². The SMILES string of the molecule is C=CCN(CC(=O)OCC)C(C=C)C(=O)OCC. The Morgan fingerprint density at radius 2 is 1.83 bits per heavy atom. The standard InChI is InChI=1S/C13H21NO4/c1-5-9-14(10-12(15)17-7-3)11(6-2)13(16)18-8-4/h5-6,11H,1-2,7-10H2,3-4H3. The molecular weight excluding hydrogens is 234 g/mol. The number of hydrogen-bond donors (Lipinski definition) is 0. The Hall–Kier alpha value is -1.62. The normalized spacial score (nSPS) is 11.7. The summed E-state index contributed by atoms with van der Waals surface area (Å²) in [7, 11) is 0. The van der Waals surface area contributed by atoms with Crippen molar-refractivity contribution in [3.8, 4) is 0 Å². The van der Waals surface area contributed by atoms with E-state index in [4.69, 9.17) is 9.47 Å². The largest absolute Gasteiger partial charge is 0.465 e. The highest BCUT2D eigenvalue weighted by molar-refractivity contribution is 5.79. The number of rotatable bonds is 9. The van der Waals surface area contributed by atoms with Crippen LogP contribution in [0.2, 0.25) is 0 Å². The minimum Gasteiger partial charge on any atom is -0.465 e. The number of nitrogens with zero attached hydrogens (tertiary/aromatic N) is 1. The summed E-state index contributed by atoms with van der Waals surface area (Å²) in [5.41, 5.74) is 0. The first-order chi connectivity index (χ1) is 8.60. The summed E-state index contributed by atoms with van der Waals surface area (Å²) in [6.07, 6.45) is 3.05. The lowest BCUT2D eigenvalue weighted by atomic mass is 10.2. The highest BCUT2D eigenvalue weighted by Gasteiger charge is 2.25. The van der Waals surface area contributed by atoms with Gasteiger partial charge in [-0.1, -0.05) is 12.2 Å². The van der Waals surface area contributed by atoms with Gasteiger partial charge in [0.2, 0.25) is 0 Å². The Morgan fingerprint density at radius 3 is 2.28 bits per heavy atom. The van der Waals surface area contributed by atoms with E-state index in [0.29, 0.717) is 13.2 Å². The summed E-state index contributed by atoms with van der Waals surface area (Å²) in [5, 5.41) is 0. The fraction of sp³-hybridized carbons (Fsp3) is 0.538. The van der Waals surface area contributed by atoms with Crippen molar-refractivity contribution in [3.63, 3.8) is 0 Å². The van der Waals surface area contributed by atoms with E-state index in [-0.39, 0.29) is 13.2 Å². The summed E-state index contributed by atoms with van der Waals surface area (Å²) in [6.45, 7) is 11.6. The van der Waals surface area contributed by atoms with Gasteiger partial charge in [0.1, 0.15) is 6.04 Å². The molecule has 0 bridgehead atoms. The molecule has 0 aromatic rings. The van der Waals surface area contributed by atoms with E-state index in [1.165, 1.54) is 6.08 Å². The van der Waals surface area contributed by atoms with Crippen molar-refractivity contribution in [1.29, 1.82) is 0 Å². The minimum absolute atomic E-state index is 0.00460. The molecule has 0 aliphatic carbocycles. The van der Waals surface area contributed by atoms with Crippen LogP contribution in [0.25, 0.3) is 0 Å². The molecule has 18 heavy (non-hydrogen) atoms. The van der Waals surface area contributed by atoms with E-state index in [1.807, 2.05) is 0 Å². The summed E-state index contributed by atoms with van der Waals surface area (Å²) in [4.78, 5) is 24.7. The molecule has 0 heterocycles. The molecule has 0 aromatic carbocycles. The third-order valence-corrected chi connectivity index (χ3v) is 2.15. The molecule has 5 nitrogen and oxygen atoms in total. The molecule has 0 N–H and O–H groups in total. The Morgan fingerprint density at radius 1 is 1.22 bits per heavy atom. The molecule has 0 aliphatic rings. The van der Waals surface area contributed by atoms with Crippen LogP contribution in [0.15, 0.2) is 25.3 Å². The second-order valence-electron chi connectivity index (χ2n) is 3.46. The van der Waals surface area contributed by atoms with Crippen molar-refractivity contribution in [1.82, 2.24) is 4.90 Å². The van der Waals surface area contributed by atoms with Gasteiger partial charge in [0.25, 0.3) is 0 Å². The van der Waals surface area contributed by atoms with Gasteiger partial charge in [-0.3, -0.25) is 14.5 Å². The van der Waals surface area contributed by atoms with Crippen molar-refractivity contribution in [3.05, 3.63) is 25.3 Å². The van der Waals surface area contributed by atoms with Crippen LogP contribution in [0.3, 0.4) is 0 Å². The molecule has 0 aromatic heterocycles. The molecular formula is C13H21NO4. The van der Waals surface area contributed by atoms with E-state index in [1.54, 1.807) is 24.8 Å². The summed E-state index contributed by atoms with van der Waals surface area (Å²) < 4.78 is 9.78. The first kappa shape index (κ1) is 16.4. The van der Waals surface area contributed by atoms with E-state index in [0.717, 1.165) is 0 Å². The zero-order chi connectivity index (χ0) is 14.0. The smallest absolute Gasteiger partial charge is 0.327 e. The quantitative estimate of drug-likeness (QED) is 0.457. The van der Waals surface area contributed by atoms with Crippen LogP contribution in [-0.4, -0.2) is 49.2 Å². The van der Waals surface area contributed by atoms with Gasteiger partial charge in [-0.25, -0.2) is 0 Å². The van der Waals surface area contributed by atoms with Crippen LogP contribution in [-0.2, 0) is 19.1 Å². The van der Waals surface area contributed by atoms with Crippen molar-refractivity contribution >= 4 is 11.9 Å². The third kappa shape index (κ3) is 5.63. The highest BCUT2D eigenvalue weighted by atomic mass is 16.5. The Labute approximate surface area is 108 Å². The maximum Gasteiger partial charge on any atom is 0.327 e. The van der Waals surface area contributed by atoms with Crippen LogP contribution >= 0.6 is 0 Å². The average molecular weight is 255 g/mol. The molecule has 0 rings (SSSR count). The van der Waals surface area contributed by atoms with Crippen molar-refractivity contribution in [2.24, 2.45) is 0 Å². The minimum atomic E-state index is -0.674. The number of esters is 2. The van der Waals surface area contributed by atoms with Gasteiger partial charge in [0.15, 0.2) is 0 Å². The van der Waals surface area contributed by atoms with Gasteiger partial charge >= 0.3 is 11.9 Å². The second kappa shape index (κ2) is 9.41. The monoisotopic (exact) mass is 255 g/mol. The molecule has 1 unspecified atom stereocenters. The average Bonchev–Trinajstić information content (AvgIpc) is 2.30. The molecule has 1 atom stereocenters. The summed E-state index contributed by atoms with van der Waals surface area (Å²) >= 11 is 0. The molecule has 0 fully saturated rings. The first-order valence-corrected chi connectivity index (χ1v) is 5.90. The fourth-order valence-corrected chi connectivity index (χ4v) is 1.44. The van der Waals surface area contributed by atoms with Crippen LogP contribution in [0.1, 0.15) is 13.8 Å². The Kier molecular flexibility index (Phi) is 8.57. The lowest BCUT2D eigenvalue weighted by molar-refractivity contribution is -0.150. The van der Waals surface area contributed by atoms with Crippen molar-refractivity contribution in [2.75, 3.05) is 26.3 Å². The lowest BCUT2D eigenvalue weighted by Crippen LogP contribution is -2.44. The van der Waals surface area contributed by atoms with Crippen molar-refractivity contribution in [2.45, 2.75) is 19.9 Å². The predicted molar refractivity (Wildman–Crippen MR) is 69.0 cm³/mol. The van der Waals surface area contributed by atoms with Crippen LogP contribution in [0, 0.1) is 0 Å². The van der Waals surface area contributed by atoms with Gasteiger partial charge in [-0.05, 0) is 13.8 Å². The van der Waals surface area contributed by atoms with Crippen LogP contribution in [0.5, 0.6) is 0 Å². The van der Waals surface area contributed by atoms with E-state index < -0.39 is 18.0 Å². The van der Waals surface area contributed by atoms with Gasteiger partial charge in [0.05, 0.1) is 19.8 Å². The number of carbonyl (C=O) groups is 2. The molecule has 0 aliphatic heterocycles. The molecule has 102 valence electrons.